The highest BCUT2D eigenvalue weighted by Gasteiger charge is 2.44. The quantitative estimate of drug-likeness (QED) is 0.346. The SMILES string of the molecule is CCCOc1ccc(C2/C(=C(\[O-])c3ccc(F)cc3)C(=O)C(=O)N2CC[NH+](C)C)cc1OC. The minimum absolute atomic E-state index is 0.146. The van der Waals surface area contributed by atoms with Crippen LogP contribution in [0.2, 0.25) is 0 Å². The summed E-state index contributed by atoms with van der Waals surface area (Å²) < 4.78 is 24.6. The van der Waals surface area contributed by atoms with Gasteiger partial charge in [-0.05, 0) is 41.8 Å². The summed E-state index contributed by atoms with van der Waals surface area (Å²) in [6.45, 7) is 3.37. The lowest BCUT2D eigenvalue weighted by atomic mass is 9.95. The van der Waals surface area contributed by atoms with Crippen molar-refractivity contribution >= 4 is 17.4 Å². The van der Waals surface area contributed by atoms with Gasteiger partial charge in [0, 0.05) is 5.57 Å². The number of Topliss-reactive ketones (excluding diaryl/α,β-unsaturated/α-hetero) is 1. The minimum Gasteiger partial charge on any atom is -0.872 e. The molecule has 0 spiro atoms. The van der Waals surface area contributed by atoms with Gasteiger partial charge in [-0.25, -0.2) is 4.39 Å². The van der Waals surface area contributed by atoms with Crippen LogP contribution < -0.4 is 19.5 Å². The second kappa shape index (κ2) is 10.5. The van der Waals surface area contributed by atoms with Crippen LogP contribution in [0.25, 0.3) is 5.76 Å². The fraction of sp³-hybridized carbons (Fsp3) is 0.360. The number of hydrogen-bond acceptors (Lipinski definition) is 5. The van der Waals surface area contributed by atoms with Crippen LogP contribution in [0.5, 0.6) is 11.5 Å². The summed E-state index contributed by atoms with van der Waals surface area (Å²) >= 11 is 0. The number of quaternary nitrogens is 1. The number of halogens is 1. The number of likely N-dealkylation sites (tertiary alicyclic amines) is 1. The molecule has 1 N–H and O–H groups in total. The largest absolute Gasteiger partial charge is 0.872 e. The van der Waals surface area contributed by atoms with Crippen molar-refractivity contribution in [2.45, 2.75) is 19.4 Å². The molecule has 8 heteroatoms. The van der Waals surface area contributed by atoms with Crippen LogP contribution in [0.15, 0.2) is 48.0 Å². The molecule has 2 aromatic carbocycles. The number of benzene rings is 2. The molecular weight excluding hydrogens is 427 g/mol. The molecular formula is C25H29FN2O5. The van der Waals surface area contributed by atoms with Crippen LogP contribution in [0.3, 0.4) is 0 Å². The summed E-state index contributed by atoms with van der Waals surface area (Å²) in [7, 11) is 5.38. The zero-order chi connectivity index (χ0) is 24.1. The number of carbonyl (C=O) groups is 2. The Hall–Kier alpha value is -3.39. The fourth-order valence-electron chi connectivity index (χ4n) is 3.73. The van der Waals surface area contributed by atoms with Crippen molar-refractivity contribution in [1.82, 2.24) is 4.90 Å². The highest BCUT2D eigenvalue weighted by Crippen LogP contribution is 2.41. The summed E-state index contributed by atoms with van der Waals surface area (Å²) in [6, 6.07) is 9.19. The van der Waals surface area contributed by atoms with Crippen LogP contribution >= 0.6 is 0 Å². The zero-order valence-electron chi connectivity index (χ0n) is 19.3. The molecule has 1 fully saturated rings. The first kappa shape index (κ1) is 24.3. The maximum atomic E-state index is 13.4. The molecule has 176 valence electrons. The van der Waals surface area contributed by atoms with E-state index in [1.54, 1.807) is 18.2 Å². The smallest absolute Gasteiger partial charge is 0.295 e. The molecule has 1 heterocycles. The van der Waals surface area contributed by atoms with E-state index >= 15 is 0 Å². The average Bonchev–Trinajstić information content (AvgIpc) is 3.06. The van der Waals surface area contributed by atoms with Gasteiger partial charge in [0.15, 0.2) is 11.5 Å². The second-order valence-electron chi connectivity index (χ2n) is 8.20. The van der Waals surface area contributed by atoms with Crippen LogP contribution in [0, 0.1) is 5.82 Å². The average molecular weight is 457 g/mol. The van der Waals surface area contributed by atoms with E-state index in [0.717, 1.165) is 23.5 Å². The number of amides is 1. The molecule has 1 unspecified atom stereocenters. The third-order valence-corrected chi connectivity index (χ3v) is 5.45. The van der Waals surface area contributed by atoms with Gasteiger partial charge in [-0.1, -0.05) is 30.9 Å². The Balaban J connectivity index is 2.14. The highest BCUT2D eigenvalue weighted by atomic mass is 19.1. The van der Waals surface area contributed by atoms with Gasteiger partial charge in [0.2, 0.25) is 5.78 Å². The zero-order valence-corrected chi connectivity index (χ0v) is 19.3. The number of methoxy groups -OCH3 is 1. The number of ketones is 1. The van der Waals surface area contributed by atoms with Crippen molar-refractivity contribution in [3.05, 3.63) is 65.0 Å². The van der Waals surface area contributed by atoms with Gasteiger partial charge in [-0.2, -0.15) is 0 Å². The monoisotopic (exact) mass is 456 g/mol. The predicted molar refractivity (Wildman–Crippen MR) is 119 cm³/mol. The number of rotatable bonds is 9. The molecule has 0 bridgehead atoms. The van der Waals surface area contributed by atoms with E-state index in [1.165, 1.54) is 24.1 Å². The molecule has 7 nitrogen and oxygen atoms in total. The molecule has 1 amide bonds. The van der Waals surface area contributed by atoms with Gasteiger partial charge < -0.3 is 24.4 Å². The molecule has 0 aromatic heterocycles. The van der Waals surface area contributed by atoms with E-state index in [0.29, 0.717) is 30.2 Å². The molecule has 2 aromatic rings. The van der Waals surface area contributed by atoms with Gasteiger partial charge >= 0.3 is 0 Å². The molecule has 1 atom stereocenters. The predicted octanol–water partition coefficient (Wildman–Crippen LogP) is 0.992. The lowest BCUT2D eigenvalue weighted by molar-refractivity contribution is -0.857. The lowest BCUT2D eigenvalue weighted by Crippen LogP contribution is -3.06. The Kier molecular flexibility index (Phi) is 7.71. The van der Waals surface area contributed by atoms with E-state index < -0.39 is 29.3 Å². The second-order valence-corrected chi connectivity index (χ2v) is 8.20. The normalized spacial score (nSPS) is 17.6. The Morgan fingerprint density at radius 1 is 1.12 bits per heavy atom. The standard InChI is InChI=1S/C25H29FN2O5/c1-5-14-33-19-11-8-17(15-20(19)32-4)22-21(23(29)16-6-9-18(26)10-7-16)24(30)25(31)28(22)13-12-27(2)3/h6-11,15,22,29H,5,12-14H2,1-4H3/b23-21+. The lowest BCUT2D eigenvalue weighted by Gasteiger charge is -2.28. The number of nitrogens with zero attached hydrogens (tertiary/aromatic N) is 1. The summed E-state index contributed by atoms with van der Waals surface area (Å²) in [5.74, 6) is -1.67. The van der Waals surface area contributed by atoms with Crippen LogP contribution in [-0.2, 0) is 9.59 Å². The fourth-order valence-corrected chi connectivity index (χ4v) is 3.73. The molecule has 0 radical (unpaired) electrons. The summed E-state index contributed by atoms with van der Waals surface area (Å²) in [6.07, 6.45) is 0.821. The van der Waals surface area contributed by atoms with Gasteiger partial charge in [-0.3, -0.25) is 9.59 Å². The number of nitrogens with one attached hydrogen (secondary N) is 1. The van der Waals surface area contributed by atoms with Crippen molar-refractivity contribution < 1.29 is 33.5 Å². The van der Waals surface area contributed by atoms with Gasteiger partial charge in [0.1, 0.15) is 5.82 Å². The maximum absolute atomic E-state index is 13.4. The highest BCUT2D eigenvalue weighted by molar-refractivity contribution is 6.46. The maximum Gasteiger partial charge on any atom is 0.295 e. The third-order valence-electron chi connectivity index (χ3n) is 5.45. The van der Waals surface area contributed by atoms with Crippen molar-refractivity contribution in [2.75, 3.05) is 40.9 Å². The van der Waals surface area contributed by atoms with Crippen LogP contribution in [-0.4, -0.2) is 57.5 Å². The molecule has 0 saturated carbocycles. The van der Waals surface area contributed by atoms with E-state index in [9.17, 15) is 19.1 Å². The van der Waals surface area contributed by atoms with E-state index in [2.05, 4.69) is 0 Å². The number of hydrogen-bond donors (Lipinski definition) is 1. The van der Waals surface area contributed by atoms with Crippen molar-refractivity contribution in [3.63, 3.8) is 0 Å². The third kappa shape index (κ3) is 5.17. The van der Waals surface area contributed by atoms with E-state index in [-0.39, 0.29) is 17.7 Å². The molecule has 1 saturated heterocycles. The molecule has 1 aliphatic heterocycles. The van der Waals surface area contributed by atoms with Crippen LogP contribution in [0.1, 0.15) is 30.5 Å². The Bertz CT molecular complexity index is 1050. The topological polar surface area (TPSA) is 83.3 Å². The van der Waals surface area contributed by atoms with Crippen molar-refractivity contribution in [1.29, 1.82) is 0 Å². The summed E-state index contributed by atoms with van der Waals surface area (Å²) in [5, 5.41) is 13.3. The van der Waals surface area contributed by atoms with E-state index in [4.69, 9.17) is 9.47 Å². The molecule has 3 rings (SSSR count). The Labute approximate surface area is 193 Å². The molecule has 33 heavy (non-hydrogen) atoms. The van der Waals surface area contributed by atoms with Gasteiger partial charge in [0.05, 0.1) is 46.9 Å². The van der Waals surface area contributed by atoms with E-state index in [1.807, 2.05) is 21.0 Å². The summed E-state index contributed by atoms with van der Waals surface area (Å²) in [5.41, 5.74) is 0.561. The van der Waals surface area contributed by atoms with Gasteiger partial charge in [-0.15, -0.1) is 0 Å². The molecule has 1 aliphatic rings. The number of likely N-dealkylation sites (N-methyl/N-ethyl adjacent to an activating group) is 1. The Morgan fingerprint density at radius 3 is 2.42 bits per heavy atom. The molecule has 0 aliphatic carbocycles. The van der Waals surface area contributed by atoms with Crippen molar-refractivity contribution in [3.8, 4) is 11.5 Å². The summed E-state index contributed by atoms with van der Waals surface area (Å²) in [4.78, 5) is 28.5. The number of ether oxygens (including phenoxy) is 2. The Morgan fingerprint density at radius 2 is 1.82 bits per heavy atom. The minimum atomic E-state index is -0.879. The first-order valence-corrected chi connectivity index (χ1v) is 10.9. The van der Waals surface area contributed by atoms with Crippen molar-refractivity contribution in [2.24, 2.45) is 0 Å². The van der Waals surface area contributed by atoms with Gasteiger partial charge in [0.25, 0.3) is 5.91 Å². The number of carbonyl (C=O) groups excluding carboxylic acids is 2. The first-order chi connectivity index (χ1) is 15.8. The van der Waals surface area contributed by atoms with Crippen LogP contribution in [0.4, 0.5) is 4.39 Å². The first-order valence-electron chi connectivity index (χ1n) is 10.9.